The van der Waals surface area contributed by atoms with Crippen molar-refractivity contribution in [2.45, 2.75) is 32.4 Å². The molecule has 0 aromatic rings. The van der Waals surface area contributed by atoms with Crippen LogP contribution in [0.25, 0.3) is 0 Å². The first-order valence-corrected chi connectivity index (χ1v) is 4.63. The van der Waals surface area contributed by atoms with Crippen molar-refractivity contribution in [1.29, 1.82) is 0 Å². The van der Waals surface area contributed by atoms with E-state index in [0.29, 0.717) is 0 Å². The van der Waals surface area contributed by atoms with Gasteiger partial charge in [-0.3, -0.25) is 0 Å². The highest BCUT2D eigenvalue weighted by Gasteiger charge is 2.28. The molecule has 0 spiro atoms. The maximum absolute atomic E-state index is 11.3. The molecule has 1 amide bonds. The molecule has 88 valence electrons. The van der Waals surface area contributed by atoms with Gasteiger partial charge in [-0.1, -0.05) is 0 Å². The van der Waals surface area contributed by atoms with Crippen LogP contribution in [0.1, 0.15) is 20.8 Å². The van der Waals surface area contributed by atoms with Crippen LogP contribution < -0.4 is 5.32 Å². The van der Waals surface area contributed by atoms with Gasteiger partial charge in [0.2, 0.25) is 0 Å². The van der Waals surface area contributed by atoms with Gasteiger partial charge in [-0.2, -0.15) is 5.10 Å². The standard InChI is InChI=1S/C9H13N3O4/c1-9(2,3)16-8(15)11-5-4-10-12-6(5)7(13)14/h4-5H,1-3H3,(H,11,15)(H,13,14)/t5-/m0/s1. The van der Waals surface area contributed by atoms with Crippen molar-refractivity contribution in [3.8, 4) is 0 Å². The van der Waals surface area contributed by atoms with Crippen molar-refractivity contribution in [3.05, 3.63) is 0 Å². The summed E-state index contributed by atoms with van der Waals surface area (Å²) in [6.45, 7) is 5.13. The Kier molecular flexibility index (Phi) is 3.26. The van der Waals surface area contributed by atoms with Crippen LogP contribution in [0.2, 0.25) is 0 Å². The molecule has 0 aromatic heterocycles. The minimum Gasteiger partial charge on any atom is -0.477 e. The third-order valence-electron chi connectivity index (χ3n) is 1.57. The van der Waals surface area contributed by atoms with Gasteiger partial charge in [0, 0.05) is 0 Å². The Hall–Kier alpha value is -1.92. The van der Waals surface area contributed by atoms with Crippen LogP contribution in [0, 0.1) is 0 Å². The molecule has 0 bridgehead atoms. The number of ether oxygens (including phenoxy) is 1. The second-order valence-electron chi connectivity index (χ2n) is 4.18. The van der Waals surface area contributed by atoms with E-state index in [2.05, 4.69) is 15.5 Å². The van der Waals surface area contributed by atoms with E-state index in [1.807, 2.05) is 0 Å². The smallest absolute Gasteiger partial charge is 0.408 e. The lowest BCUT2D eigenvalue weighted by Gasteiger charge is -2.20. The summed E-state index contributed by atoms with van der Waals surface area (Å²) in [7, 11) is 0. The van der Waals surface area contributed by atoms with Gasteiger partial charge in [-0.25, -0.2) is 9.59 Å². The minimum atomic E-state index is -1.22. The number of hydrogen-bond acceptors (Lipinski definition) is 5. The summed E-state index contributed by atoms with van der Waals surface area (Å²) in [6.07, 6.45) is 0.521. The Morgan fingerprint density at radius 3 is 2.62 bits per heavy atom. The van der Waals surface area contributed by atoms with Crippen LogP contribution in [-0.2, 0) is 9.53 Å². The number of nitrogens with zero attached hydrogens (tertiary/aromatic N) is 2. The highest BCUT2D eigenvalue weighted by Crippen LogP contribution is 2.07. The number of nitrogens with one attached hydrogen (secondary N) is 1. The van der Waals surface area contributed by atoms with Crippen molar-refractivity contribution >= 4 is 24.0 Å². The van der Waals surface area contributed by atoms with Crippen LogP contribution in [-0.4, -0.2) is 40.7 Å². The highest BCUT2D eigenvalue weighted by molar-refractivity contribution is 6.42. The van der Waals surface area contributed by atoms with Gasteiger partial charge in [-0.15, -0.1) is 5.10 Å². The Balaban J connectivity index is 2.56. The molecule has 0 aliphatic carbocycles. The van der Waals surface area contributed by atoms with Crippen LogP contribution >= 0.6 is 0 Å². The SMILES string of the molecule is CC(C)(C)OC(=O)N[C@H]1C=NN=C1C(=O)O. The van der Waals surface area contributed by atoms with Crippen molar-refractivity contribution < 1.29 is 19.4 Å². The molecule has 1 atom stereocenters. The number of rotatable bonds is 2. The summed E-state index contributed by atoms with van der Waals surface area (Å²) in [6, 6.07) is -0.840. The van der Waals surface area contributed by atoms with Crippen molar-refractivity contribution in [1.82, 2.24) is 5.32 Å². The Labute approximate surface area is 92.2 Å². The molecule has 0 fully saturated rings. The number of amides is 1. The van der Waals surface area contributed by atoms with E-state index in [4.69, 9.17) is 9.84 Å². The molecule has 0 saturated heterocycles. The third-order valence-corrected chi connectivity index (χ3v) is 1.57. The molecular formula is C9H13N3O4. The Bertz CT molecular complexity index is 367. The van der Waals surface area contributed by atoms with E-state index in [1.165, 1.54) is 6.21 Å². The minimum absolute atomic E-state index is 0.231. The lowest BCUT2D eigenvalue weighted by Crippen LogP contribution is -2.45. The van der Waals surface area contributed by atoms with Gasteiger partial charge in [0.05, 0.1) is 6.21 Å². The summed E-state index contributed by atoms with van der Waals surface area (Å²) in [4.78, 5) is 22.0. The largest absolute Gasteiger partial charge is 0.477 e. The Morgan fingerprint density at radius 2 is 2.12 bits per heavy atom. The Morgan fingerprint density at radius 1 is 1.50 bits per heavy atom. The summed E-state index contributed by atoms with van der Waals surface area (Å²) in [5.41, 5.74) is -0.869. The molecule has 7 heteroatoms. The maximum atomic E-state index is 11.3. The normalized spacial score (nSPS) is 19.2. The maximum Gasteiger partial charge on any atom is 0.408 e. The quantitative estimate of drug-likeness (QED) is 0.713. The topological polar surface area (TPSA) is 100 Å². The fourth-order valence-electron chi connectivity index (χ4n) is 1.01. The van der Waals surface area contributed by atoms with E-state index in [1.54, 1.807) is 20.8 Å². The number of hydrogen-bond donors (Lipinski definition) is 2. The van der Waals surface area contributed by atoms with E-state index in [-0.39, 0.29) is 5.71 Å². The molecule has 1 rings (SSSR count). The average molecular weight is 227 g/mol. The van der Waals surface area contributed by atoms with Gasteiger partial charge in [0.25, 0.3) is 0 Å². The molecule has 7 nitrogen and oxygen atoms in total. The van der Waals surface area contributed by atoms with Crippen LogP contribution in [0.15, 0.2) is 10.2 Å². The molecule has 0 aromatic carbocycles. The zero-order valence-electron chi connectivity index (χ0n) is 9.22. The van der Waals surface area contributed by atoms with Crippen molar-refractivity contribution in [3.63, 3.8) is 0 Å². The molecular weight excluding hydrogens is 214 g/mol. The number of alkyl carbamates (subject to hydrolysis) is 1. The van der Waals surface area contributed by atoms with Crippen LogP contribution in [0.3, 0.4) is 0 Å². The fraction of sp³-hybridized carbons (Fsp3) is 0.556. The van der Waals surface area contributed by atoms with Gasteiger partial charge < -0.3 is 15.2 Å². The fourth-order valence-corrected chi connectivity index (χ4v) is 1.01. The van der Waals surface area contributed by atoms with Gasteiger partial charge in [0.1, 0.15) is 11.6 Å². The van der Waals surface area contributed by atoms with Gasteiger partial charge >= 0.3 is 12.1 Å². The lowest BCUT2D eigenvalue weighted by molar-refractivity contribution is -0.129. The molecule has 1 aliphatic heterocycles. The van der Waals surface area contributed by atoms with E-state index in [0.717, 1.165) is 0 Å². The highest BCUT2D eigenvalue weighted by atomic mass is 16.6. The predicted octanol–water partition coefficient (Wildman–Crippen LogP) is 0.405. The number of carboxylic acid groups (broad SMARTS) is 1. The second-order valence-corrected chi connectivity index (χ2v) is 4.18. The van der Waals surface area contributed by atoms with E-state index in [9.17, 15) is 9.59 Å². The van der Waals surface area contributed by atoms with Crippen LogP contribution in [0.4, 0.5) is 4.79 Å². The van der Waals surface area contributed by atoms with Gasteiger partial charge in [-0.05, 0) is 20.8 Å². The lowest BCUT2D eigenvalue weighted by atomic mass is 10.2. The van der Waals surface area contributed by atoms with E-state index < -0.39 is 23.7 Å². The van der Waals surface area contributed by atoms with E-state index >= 15 is 0 Å². The summed E-state index contributed by atoms with van der Waals surface area (Å²) < 4.78 is 4.97. The summed E-state index contributed by atoms with van der Waals surface area (Å²) in [5.74, 6) is -1.22. The zero-order valence-corrected chi connectivity index (χ0v) is 9.22. The second kappa shape index (κ2) is 4.30. The first kappa shape index (κ1) is 12.2. The molecule has 0 unspecified atom stereocenters. The summed E-state index contributed by atoms with van der Waals surface area (Å²) in [5, 5.41) is 17.9. The first-order chi connectivity index (χ1) is 7.29. The monoisotopic (exact) mass is 227 g/mol. The van der Waals surface area contributed by atoms with Crippen molar-refractivity contribution in [2.75, 3.05) is 0 Å². The molecule has 1 aliphatic rings. The summed E-state index contributed by atoms with van der Waals surface area (Å²) >= 11 is 0. The number of carbonyl (C=O) groups excluding carboxylic acids is 1. The molecule has 0 saturated carbocycles. The number of carboxylic acids is 1. The van der Waals surface area contributed by atoms with Crippen molar-refractivity contribution in [2.24, 2.45) is 10.2 Å². The third kappa shape index (κ3) is 3.34. The first-order valence-electron chi connectivity index (χ1n) is 4.63. The van der Waals surface area contributed by atoms with Crippen LogP contribution in [0.5, 0.6) is 0 Å². The van der Waals surface area contributed by atoms with Gasteiger partial charge in [0.15, 0.2) is 5.71 Å². The molecule has 1 heterocycles. The number of carbonyl (C=O) groups is 2. The number of aliphatic carboxylic acids is 1. The predicted molar refractivity (Wildman–Crippen MR) is 56.7 cm³/mol. The zero-order chi connectivity index (χ0) is 12.3. The molecule has 0 radical (unpaired) electrons. The molecule has 2 N–H and O–H groups in total. The molecule has 16 heavy (non-hydrogen) atoms. The average Bonchev–Trinajstić information content (AvgIpc) is 2.47.